The molecule has 2 atom stereocenters. The quantitative estimate of drug-likeness (QED) is 0.448. The summed E-state index contributed by atoms with van der Waals surface area (Å²) in [5, 5.41) is 19.8. The summed E-state index contributed by atoms with van der Waals surface area (Å²) >= 11 is 1.52. The number of allylic oxidation sites excluding steroid dienone is 1. The monoisotopic (exact) mass is 408 g/mol. The van der Waals surface area contributed by atoms with E-state index in [0.717, 1.165) is 34.1 Å². The molecule has 0 amide bonds. The third kappa shape index (κ3) is 3.49. The zero-order valence-corrected chi connectivity index (χ0v) is 17.4. The number of hydrogen-bond donors (Lipinski definition) is 1. The molecule has 150 valence electrons. The van der Waals surface area contributed by atoms with Crippen molar-refractivity contribution in [3.05, 3.63) is 47.5 Å². The van der Waals surface area contributed by atoms with Crippen LogP contribution >= 0.6 is 11.3 Å². The molecule has 6 nitrogen and oxygen atoms in total. The van der Waals surface area contributed by atoms with Gasteiger partial charge >= 0.3 is 0 Å². The van der Waals surface area contributed by atoms with Crippen LogP contribution in [0.15, 0.2) is 42.5 Å². The molecule has 2 bridgehead atoms. The van der Waals surface area contributed by atoms with Crippen molar-refractivity contribution in [1.82, 2.24) is 19.7 Å². The molecule has 3 aromatic rings. The highest BCUT2D eigenvalue weighted by Crippen LogP contribution is 2.59. The van der Waals surface area contributed by atoms with Crippen molar-refractivity contribution < 1.29 is 10.1 Å². The minimum atomic E-state index is 0.349. The molecule has 5 rings (SSSR count). The van der Waals surface area contributed by atoms with Gasteiger partial charge in [-0.2, -0.15) is 0 Å². The lowest BCUT2D eigenvalue weighted by atomic mass is 9.69. The summed E-state index contributed by atoms with van der Waals surface area (Å²) in [5.41, 5.74) is 3.93. The van der Waals surface area contributed by atoms with Crippen LogP contribution in [0.5, 0.6) is 5.75 Å². The van der Waals surface area contributed by atoms with Gasteiger partial charge in [0.1, 0.15) is 5.01 Å². The summed E-state index contributed by atoms with van der Waals surface area (Å²) in [6.07, 6.45) is 13.7. The SMILES string of the molecule is C[C@]12CC[C@](C)(CC(=Cc3nnc(-c4ccc(-n5ccnc5)cc4OO)s3)C1)C2. The Morgan fingerprint density at radius 2 is 1.97 bits per heavy atom. The van der Waals surface area contributed by atoms with Gasteiger partial charge in [-0.3, -0.25) is 0 Å². The van der Waals surface area contributed by atoms with Gasteiger partial charge in [-0.25, -0.2) is 10.2 Å². The lowest BCUT2D eigenvalue weighted by Gasteiger charge is -2.36. The predicted molar refractivity (Wildman–Crippen MR) is 113 cm³/mol. The van der Waals surface area contributed by atoms with Gasteiger partial charge in [0.2, 0.25) is 0 Å². The van der Waals surface area contributed by atoms with E-state index in [1.165, 1.54) is 36.2 Å². The van der Waals surface area contributed by atoms with Gasteiger partial charge in [-0.05, 0) is 61.1 Å². The van der Waals surface area contributed by atoms with Gasteiger partial charge in [0.05, 0.1) is 17.6 Å². The van der Waals surface area contributed by atoms with Crippen molar-refractivity contribution >= 4 is 17.4 Å². The Morgan fingerprint density at radius 3 is 2.66 bits per heavy atom. The van der Waals surface area contributed by atoms with Gasteiger partial charge in [0, 0.05) is 18.5 Å². The second kappa shape index (κ2) is 6.78. The van der Waals surface area contributed by atoms with Gasteiger partial charge in [0.15, 0.2) is 10.8 Å². The second-order valence-electron chi connectivity index (χ2n) is 9.14. The molecule has 0 spiro atoms. The largest absolute Gasteiger partial charge is 0.339 e. The fourth-order valence-electron chi connectivity index (χ4n) is 5.29. The van der Waals surface area contributed by atoms with Gasteiger partial charge in [0.25, 0.3) is 0 Å². The zero-order valence-electron chi connectivity index (χ0n) is 16.6. The maximum Gasteiger partial charge on any atom is 0.177 e. The van der Waals surface area contributed by atoms with Crippen LogP contribution in [0.2, 0.25) is 0 Å². The van der Waals surface area contributed by atoms with E-state index in [0.29, 0.717) is 16.6 Å². The van der Waals surface area contributed by atoms with Crippen LogP contribution in [-0.2, 0) is 0 Å². The fourth-order valence-corrected chi connectivity index (χ4v) is 6.15. The predicted octanol–water partition coefficient (Wildman–Crippen LogP) is 5.62. The lowest BCUT2D eigenvalue weighted by molar-refractivity contribution is -0.137. The highest BCUT2D eigenvalue weighted by atomic mass is 32.1. The number of rotatable bonds is 4. The third-order valence-corrected chi connectivity index (χ3v) is 7.26. The van der Waals surface area contributed by atoms with E-state index >= 15 is 0 Å². The number of fused-ring (bicyclic) bond motifs is 2. The Bertz CT molecular complexity index is 1050. The molecular weight excluding hydrogens is 384 g/mol. The van der Waals surface area contributed by atoms with E-state index in [2.05, 4.69) is 40.0 Å². The highest BCUT2D eigenvalue weighted by Gasteiger charge is 2.47. The summed E-state index contributed by atoms with van der Waals surface area (Å²) in [5.74, 6) is 0.349. The van der Waals surface area contributed by atoms with Crippen molar-refractivity contribution in [1.29, 1.82) is 0 Å². The second-order valence-corrected chi connectivity index (χ2v) is 10.2. The summed E-state index contributed by atoms with van der Waals surface area (Å²) in [6, 6.07) is 5.60. The molecule has 2 aliphatic carbocycles. The smallest absolute Gasteiger partial charge is 0.177 e. The van der Waals surface area contributed by atoms with Crippen LogP contribution in [0, 0.1) is 10.8 Å². The minimum Gasteiger partial charge on any atom is -0.339 e. The first-order valence-corrected chi connectivity index (χ1v) is 10.7. The summed E-state index contributed by atoms with van der Waals surface area (Å²) in [4.78, 5) is 8.70. The van der Waals surface area contributed by atoms with Gasteiger partial charge in [-0.15, -0.1) is 10.2 Å². The molecule has 0 saturated heterocycles. The number of hydrogen-bond acceptors (Lipinski definition) is 6. The molecule has 0 aliphatic heterocycles. The van der Waals surface area contributed by atoms with Gasteiger partial charge < -0.3 is 9.45 Å². The minimum absolute atomic E-state index is 0.349. The van der Waals surface area contributed by atoms with Crippen LogP contribution in [-0.4, -0.2) is 25.0 Å². The van der Waals surface area contributed by atoms with Crippen LogP contribution in [0.4, 0.5) is 0 Å². The first-order valence-electron chi connectivity index (χ1n) is 9.93. The van der Waals surface area contributed by atoms with Crippen LogP contribution in [0.1, 0.15) is 51.0 Å². The molecule has 2 aromatic heterocycles. The van der Waals surface area contributed by atoms with E-state index < -0.39 is 0 Å². The van der Waals surface area contributed by atoms with E-state index in [1.54, 1.807) is 18.6 Å². The lowest BCUT2D eigenvalue weighted by Crippen LogP contribution is -2.24. The molecular formula is C22H24N4O2S. The Balaban J connectivity index is 1.43. The Hall–Kier alpha value is -2.51. The summed E-state index contributed by atoms with van der Waals surface area (Å²) in [7, 11) is 0. The molecule has 2 saturated carbocycles. The number of imidazole rings is 1. The van der Waals surface area contributed by atoms with Crippen molar-refractivity contribution in [2.24, 2.45) is 10.8 Å². The van der Waals surface area contributed by atoms with Crippen LogP contribution in [0.3, 0.4) is 0 Å². The number of aromatic nitrogens is 4. The average Bonchev–Trinajstić information content (AvgIpc) is 3.41. The molecule has 0 unspecified atom stereocenters. The molecule has 1 N–H and O–H groups in total. The fraction of sp³-hybridized carbons (Fsp3) is 0.409. The Morgan fingerprint density at radius 1 is 1.17 bits per heavy atom. The standard InChI is InChI=1S/C22H24N4O2S/c1-21-5-6-22(2,13-21)12-15(11-21)9-19-24-25-20(29-19)17-4-3-16(10-18(17)28-27)26-8-7-23-14-26/h3-4,7-10,14,27H,5-6,11-13H2,1-2H3/t21-,22+. The Labute approximate surface area is 173 Å². The van der Waals surface area contributed by atoms with Crippen molar-refractivity contribution in [2.45, 2.75) is 46.0 Å². The van der Waals surface area contributed by atoms with Crippen LogP contribution in [0.25, 0.3) is 22.3 Å². The molecule has 1 aromatic carbocycles. The van der Waals surface area contributed by atoms with E-state index in [1.807, 2.05) is 22.9 Å². The van der Waals surface area contributed by atoms with E-state index in [9.17, 15) is 5.26 Å². The summed E-state index contributed by atoms with van der Waals surface area (Å²) < 4.78 is 1.85. The van der Waals surface area contributed by atoms with Gasteiger partial charge in [-0.1, -0.05) is 30.8 Å². The third-order valence-electron chi connectivity index (χ3n) is 6.36. The maximum atomic E-state index is 9.41. The zero-order chi connectivity index (χ0) is 20.1. The van der Waals surface area contributed by atoms with E-state index in [4.69, 9.17) is 0 Å². The molecule has 2 fully saturated rings. The van der Waals surface area contributed by atoms with Crippen molar-refractivity contribution in [3.63, 3.8) is 0 Å². The molecule has 29 heavy (non-hydrogen) atoms. The number of benzene rings is 1. The molecule has 2 aliphatic rings. The normalized spacial score (nSPS) is 27.5. The topological polar surface area (TPSA) is 73.1 Å². The first-order chi connectivity index (χ1) is 14.0. The molecule has 2 heterocycles. The van der Waals surface area contributed by atoms with Crippen LogP contribution < -0.4 is 4.89 Å². The average molecular weight is 409 g/mol. The number of nitrogens with zero attached hydrogens (tertiary/aromatic N) is 4. The summed E-state index contributed by atoms with van der Waals surface area (Å²) in [6.45, 7) is 4.84. The maximum absolute atomic E-state index is 9.41. The molecule has 0 radical (unpaired) electrons. The van der Waals surface area contributed by atoms with E-state index in [-0.39, 0.29) is 0 Å². The molecule has 7 heteroatoms. The highest BCUT2D eigenvalue weighted by molar-refractivity contribution is 7.15. The Kier molecular flexibility index (Phi) is 4.33. The van der Waals surface area contributed by atoms with Crippen molar-refractivity contribution in [3.8, 4) is 22.0 Å². The van der Waals surface area contributed by atoms with Crippen molar-refractivity contribution in [2.75, 3.05) is 0 Å². The first kappa shape index (κ1) is 18.5.